The zero-order chi connectivity index (χ0) is 19.3. The second-order valence-corrected chi connectivity index (χ2v) is 7.72. The van der Waals surface area contributed by atoms with Crippen molar-refractivity contribution in [1.29, 1.82) is 0 Å². The number of carbonyl (C=O) groups is 1. The average Bonchev–Trinajstić information content (AvgIpc) is 3.21. The fourth-order valence-corrected chi connectivity index (χ4v) is 4.22. The maximum absolute atomic E-state index is 12.5. The van der Waals surface area contributed by atoms with Crippen molar-refractivity contribution in [3.63, 3.8) is 0 Å². The van der Waals surface area contributed by atoms with Crippen LogP contribution < -0.4 is 0 Å². The first-order valence-electron chi connectivity index (χ1n) is 8.70. The van der Waals surface area contributed by atoms with Gasteiger partial charge in [-0.25, -0.2) is 0 Å². The molecule has 0 bridgehead atoms. The molecule has 0 fully saturated rings. The van der Waals surface area contributed by atoms with Gasteiger partial charge in [0.1, 0.15) is 6.61 Å². The summed E-state index contributed by atoms with van der Waals surface area (Å²) in [5.74, 6) is -0.0237. The lowest BCUT2D eigenvalue weighted by Gasteiger charge is -2.33. The van der Waals surface area contributed by atoms with Crippen LogP contribution in [0.3, 0.4) is 0 Å². The normalized spacial score (nSPS) is 16.8. The van der Waals surface area contributed by atoms with E-state index in [0.29, 0.717) is 16.6 Å². The van der Waals surface area contributed by atoms with Crippen LogP contribution in [0.5, 0.6) is 0 Å². The minimum atomic E-state index is -0.0237. The van der Waals surface area contributed by atoms with Crippen LogP contribution in [0.2, 0.25) is 10.0 Å². The van der Waals surface area contributed by atoms with Gasteiger partial charge in [0, 0.05) is 61.6 Å². The van der Waals surface area contributed by atoms with Gasteiger partial charge >= 0.3 is 0 Å². The third-order valence-electron chi connectivity index (χ3n) is 5.10. The SMILES string of the molecule is COCC(=O)N1Cc2c([nH]c3c(Cl)c(Cl)cc(-c4ccn(C)n4)c23)CC1C. The van der Waals surface area contributed by atoms with Gasteiger partial charge in [0.05, 0.1) is 21.3 Å². The lowest BCUT2D eigenvalue weighted by Crippen LogP contribution is -2.44. The van der Waals surface area contributed by atoms with Crippen molar-refractivity contribution in [3.8, 4) is 11.3 Å². The quantitative estimate of drug-likeness (QED) is 0.719. The third kappa shape index (κ3) is 3.02. The lowest BCUT2D eigenvalue weighted by atomic mass is 9.96. The van der Waals surface area contributed by atoms with Crippen LogP contribution >= 0.6 is 23.2 Å². The highest BCUT2D eigenvalue weighted by Gasteiger charge is 2.31. The van der Waals surface area contributed by atoms with Gasteiger partial charge in [0.25, 0.3) is 0 Å². The van der Waals surface area contributed by atoms with Gasteiger partial charge < -0.3 is 14.6 Å². The molecule has 1 aliphatic rings. The molecule has 27 heavy (non-hydrogen) atoms. The summed E-state index contributed by atoms with van der Waals surface area (Å²) in [6, 6.07) is 3.86. The van der Waals surface area contributed by atoms with Gasteiger partial charge in [0.15, 0.2) is 0 Å². The molecule has 0 spiro atoms. The zero-order valence-electron chi connectivity index (χ0n) is 15.3. The summed E-state index contributed by atoms with van der Waals surface area (Å²) in [7, 11) is 3.40. The number of rotatable bonds is 3. The van der Waals surface area contributed by atoms with E-state index in [0.717, 1.165) is 39.8 Å². The number of carbonyl (C=O) groups excluding carboxylic acids is 1. The summed E-state index contributed by atoms with van der Waals surface area (Å²) in [5, 5.41) is 6.47. The smallest absolute Gasteiger partial charge is 0.249 e. The summed E-state index contributed by atoms with van der Waals surface area (Å²) >= 11 is 12.9. The number of nitrogens with zero attached hydrogens (tertiary/aromatic N) is 3. The second kappa shape index (κ2) is 6.86. The van der Waals surface area contributed by atoms with Crippen LogP contribution in [0, 0.1) is 0 Å². The maximum Gasteiger partial charge on any atom is 0.249 e. The summed E-state index contributed by atoms with van der Waals surface area (Å²) < 4.78 is 6.79. The highest BCUT2D eigenvalue weighted by atomic mass is 35.5. The molecule has 0 radical (unpaired) electrons. The van der Waals surface area contributed by atoms with E-state index in [1.54, 1.807) is 4.68 Å². The zero-order valence-corrected chi connectivity index (χ0v) is 16.9. The Bertz CT molecular complexity index is 1040. The van der Waals surface area contributed by atoms with E-state index < -0.39 is 0 Å². The second-order valence-electron chi connectivity index (χ2n) is 6.93. The van der Waals surface area contributed by atoms with E-state index in [4.69, 9.17) is 27.9 Å². The van der Waals surface area contributed by atoms with Crippen molar-refractivity contribution in [3.05, 3.63) is 39.6 Å². The predicted octanol–water partition coefficient (Wildman–Crippen LogP) is 3.79. The molecule has 1 aliphatic heterocycles. The molecule has 1 atom stereocenters. The molecule has 4 rings (SSSR count). The molecule has 2 aromatic heterocycles. The maximum atomic E-state index is 12.5. The van der Waals surface area contributed by atoms with Gasteiger partial charge in [-0.3, -0.25) is 9.48 Å². The number of amides is 1. The van der Waals surface area contributed by atoms with E-state index in [1.807, 2.05) is 37.2 Å². The molecule has 0 saturated heterocycles. The standard InChI is InChI=1S/C19H20Cl2N4O2/c1-10-6-15-12(8-25(10)16(26)9-27-3)17-11(14-4-5-24(2)23-14)7-13(20)18(21)19(17)22-15/h4-5,7,10,22H,6,8-9H2,1-3H3. The van der Waals surface area contributed by atoms with Crippen molar-refractivity contribution in [2.75, 3.05) is 13.7 Å². The predicted molar refractivity (Wildman–Crippen MR) is 106 cm³/mol. The van der Waals surface area contributed by atoms with Crippen LogP contribution in [0.1, 0.15) is 18.2 Å². The molecular formula is C19H20Cl2N4O2. The number of aromatic amines is 1. The first-order valence-corrected chi connectivity index (χ1v) is 9.46. The van der Waals surface area contributed by atoms with Gasteiger partial charge in [-0.15, -0.1) is 0 Å². The van der Waals surface area contributed by atoms with Crippen molar-refractivity contribution in [2.24, 2.45) is 7.05 Å². The summed E-state index contributed by atoms with van der Waals surface area (Å²) in [4.78, 5) is 17.8. The van der Waals surface area contributed by atoms with E-state index >= 15 is 0 Å². The summed E-state index contributed by atoms with van der Waals surface area (Å²) in [6.07, 6.45) is 2.61. The Balaban J connectivity index is 1.92. The molecule has 142 valence electrons. The highest BCUT2D eigenvalue weighted by Crippen LogP contribution is 2.42. The Hall–Kier alpha value is -2.02. The number of benzene rings is 1. The van der Waals surface area contributed by atoms with Crippen LogP contribution in [0.15, 0.2) is 18.3 Å². The molecule has 8 heteroatoms. The van der Waals surface area contributed by atoms with E-state index in [1.165, 1.54) is 7.11 Å². The van der Waals surface area contributed by atoms with Crippen molar-refractivity contribution >= 4 is 40.0 Å². The molecule has 3 aromatic rings. The van der Waals surface area contributed by atoms with Gasteiger partial charge in [-0.2, -0.15) is 5.10 Å². The van der Waals surface area contributed by atoms with Gasteiger partial charge in [-0.05, 0) is 19.1 Å². The van der Waals surface area contributed by atoms with Crippen molar-refractivity contribution < 1.29 is 9.53 Å². The molecule has 6 nitrogen and oxygen atoms in total. The summed E-state index contributed by atoms with van der Waals surface area (Å²) in [6.45, 7) is 2.61. The van der Waals surface area contributed by atoms with E-state index in [-0.39, 0.29) is 18.6 Å². The Morgan fingerprint density at radius 2 is 2.22 bits per heavy atom. The van der Waals surface area contributed by atoms with Gasteiger partial charge in [0.2, 0.25) is 5.91 Å². The number of aromatic nitrogens is 3. The largest absolute Gasteiger partial charge is 0.375 e. The Labute approximate surface area is 167 Å². The number of nitrogens with one attached hydrogen (secondary N) is 1. The number of hydrogen-bond donors (Lipinski definition) is 1. The molecule has 1 aromatic carbocycles. The number of methoxy groups -OCH3 is 1. The number of halogens is 2. The monoisotopic (exact) mass is 406 g/mol. The topological polar surface area (TPSA) is 63.1 Å². The number of ether oxygens (including phenoxy) is 1. The fraction of sp³-hybridized carbons (Fsp3) is 0.368. The van der Waals surface area contributed by atoms with E-state index in [2.05, 4.69) is 10.1 Å². The molecule has 0 aliphatic carbocycles. The van der Waals surface area contributed by atoms with Crippen LogP contribution in [-0.2, 0) is 29.5 Å². The minimum Gasteiger partial charge on any atom is -0.375 e. The van der Waals surface area contributed by atoms with Crippen LogP contribution in [-0.4, -0.2) is 45.3 Å². The number of hydrogen-bond acceptors (Lipinski definition) is 3. The van der Waals surface area contributed by atoms with Crippen LogP contribution in [0.25, 0.3) is 22.2 Å². The number of H-pyrrole nitrogens is 1. The van der Waals surface area contributed by atoms with Crippen molar-refractivity contribution in [2.45, 2.75) is 25.9 Å². The Morgan fingerprint density at radius 3 is 2.89 bits per heavy atom. The fourth-order valence-electron chi connectivity index (χ4n) is 3.82. The average molecular weight is 407 g/mol. The first kappa shape index (κ1) is 18.3. The van der Waals surface area contributed by atoms with Crippen molar-refractivity contribution in [1.82, 2.24) is 19.7 Å². The molecule has 0 saturated carbocycles. The summed E-state index contributed by atoms with van der Waals surface area (Å²) in [5.41, 5.74) is 4.66. The molecule has 1 N–H and O–H groups in total. The van der Waals surface area contributed by atoms with E-state index in [9.17, 15) is 4.79 Å². The molecule has 1 amide bonds. The van der Waals surface area contributed by atoms with Crippen LogP contribution in [0.4, 0.5) is 0 Å². The molecular weight excluding hydrogens is 387 g/mol. The number of aryl methyl sites for hydroxylation is 1. The highest BCUT2D eigenvalue weighted by molar-refractivity contribution is 6.45. The first-order chi connectivity index (χ1) is 12.9. The Kier molecular flexibility index (Phi) is 4.66. The minimum absolute atomic E-state index is 0.0237. The molecule has 3 heterocycles. The number of fused-ring (bicyclic) bond motifs is 3. The molecule has 1 unspecified atom stereocenters. The Morgan fingerprint density at radius 1 is 1.44 bits per heavy atom. The van der Waals surface area contributed by atoms with Gasteiger partial charge in [-0.1, -0.05) is 23.2 Å². The third-order valence-corrected chi connectivity index (χ3v) is 5.89. The lowest BCUT2D eigenvalue weighted by molar-refractivity contribution is -0.138.